The van der Waals surface area contributed by atoms with Crippen LogP contribution in [0.5, 0.6) is 0 Å². The van der Waals surface area contributed by atoms with Crippen LogP contribution in [0.3, 0.4) is 0 Å². The van der Waals surface area contributed by atoms with Crippen molar-refractivity contribution in [1.29, 1.82) is 0 Å². The molecule has 1 amide bonds. The number of hydrogen-bond acceptors (Lipinski definition) is 3. The number of hydrogen-bond donors (Lipinski definition) is 3. The summed E-state index contributed by atoms with van der Waals surface area (Å²) in [5, 5.41) is 23.0. The maximum absolute atomic E-state index is 12.4. The van der Waals surface area contributed by atoms with Gasteiger partial charge in [0, 0.05) is 6.42 Å². The Kier molecular flexibility index (Phi) is 45.9. The molecule has 328 valence electrons. The molecule has 2 atom stereocenters. The molecule has 0 aliphatic carbocycles. The van der Waals surface area contributed by atoms with Gasteiger partial charge in [0.05, 0.1) is 18.8 Å². The largest absolute Gasteiger partial charge is 0.394 e. The lowest BCUT2D eigenvalue weighted by Gasteiger charge is -2.20. The van der Waals surface area contributed by atoms with Gasteiger partial charge in [-0.3, -0.25) is 4.79 Å². The predicted octanol–water partition coefficient (Wildman–Crippen LogP) is 15.6. The van der Waals surface area contributed by atoms with Gasteiger partial charge in [0.1, 0.15) is 0 Å². The Morgan fingerprint density at radius 3 is 1.16 bits per heavy atom. The molecule has 0 radical (unpaired) electrons. The highest BCUT2D eigenvalue weighted by Gasteiger charge is 2.17. The Bertz CT molecular complexity index is 1030. The van der Waals surface area contributed by atoms with Crippen molar-refractivity contribution in [3.05, 3.63) is 85.1 Å². The zero-order valence-corrected chi connectivity index (χ0v) is 37.6. The first kappa shape index (κ1) is 54.6. The summed E-state index contributed by atoms with van der Waals surface area (Å²) in [6, 6.07) is -0.625. The molecule has 0 fully saturated rings. The highest BCUT2D eigenvalue weighted by atomic mass is 16.3. The first-order chi connectivity index (χ1) is 28.2. The molecule has 3 N–H and O–H groups in total. The van der Waals surface area contributed by atoms with E-state index >= 15 is 0 Å². The number of rotatable bonds is 43. The Hall–Kier alpha value is -2.43. The SMILES string of the molecule is CC/C=C\C/C=C\C/C=C\C/C=C\C/C=C\C/C=C\CCCCCCCCCCCCCCCCC(=O)NC(CO)C(O)/C=C/CCCCCCCCCCCC. The van der Waals surface area contributed by atoms with Crippen molar-refractivity contribution in [3.63, 3.8) is 0 Å². The van der Waals surface area contributed by atoms with E-state index in [9.17, 15) is 15.0 Å². The molecule has 0 bridgehead atoms. The van der Waals surface area contributed by atoms with Gasteiger partial charge in [0.2, 0.25) is 5.91 Å². The van der Waals surface area contributed by atoms with E-state index in [0.717, 1.165) is 64.2 Å². The molecule has 0 aromatic heterocycles. The molecule has 0 spiro atoms. The summed E-state index contributed by atoms with van der Waals surface area (Å²) in [7, 11) is 0. The molecule has 0 heterocycles. The quantitative estimate of drug-likeness (QED) is 0.0425. The number of allylic oxidation sites excluding steroid dienone is 13. The number of amides is 1. The summed E-state index contributed by atoms with van der Waals surface area (Å²) in [5.74, 6) is -0.0684. The van der Waals surface area contributed by atoms with Gasteiger partial charge in [-0.15, -0.1) is 0 Å². The third-order valence-corrected chi connectivity index (χ3v) is 10.6. The molecule has 0 rings (SSSR count). The second-order valence-electron chi connectivity index (χ2n) is 16.1. The smallest absolute Gasteiger partial charge is 0.220 e. The summed E-state index contributed by atoms with van der Waals surface area (Å²) in [4.78, 5) is 12.4. The standard InChI is InChI=1S/C53H93NO3/c1-3-5-7-9-11-13-15-17-18-19-20-21-22-23-24-25-26-27-28-29-30-31-32-33-34-35-36-37-39-41-43-45-47-49-53(57)54-51(50-55)52(56)48-46-44-42-40-38-16-14-12-10-8-6-4-2/h5,7,11,13,17-18,20-21,23-24,26-27,46,48,51-52,55-56H,3-4,6,8-10,12,14-16,19,22,25,28-45,47,49-50H2,1-2H3,(H,54,57)/b7-5-,13-11-,18-17-,21-20-,24-23-,27-26-,48-46+. The molecule has 4 nitrogen and oxygen atoms in total. The number of aliphatic hydroxyl groups is 2. The molecule has 0 saturated carbocycles. The Morgan fingerprint density at radius 2 is 0.772 bits per heavy atom. The van der Waals surface area contributed by atoms with Gasteiger partial charge in [-0.25, -0.2) is 0 Å². The van der Waals surface area contributed by atoms with Crippen molar-refractivity contribution in [2.75, 3.05) is 6.61 Å². The second kappa shape index (κ2) is 47.9. The molecule has 0 aliphatic rings. The highest BCUT2D eigenvalue weighted by Crippen LogP contribution is 2.15. The van der Waals surface area contributed by atoms with Crippen LogP contribution in [0.15, 0.2) is 85.1 Å². The van der Waals surface area contributed by atoms with E-state index in [-0.39, 0.29) is 12.5 Å². The summed E-state index contributed by atoms with van der Waals surface area (Å²) in [5.41, 5.74) is 0. The van der Waals surface area contributed by atoms with Crippen LogP contribution in [0.1, 0.15) is 226 Å². The van der Waals surface area contributed by atoms with Gasteiger partial charge in [0.15, 0.2) is 0 Å². The first-order valence-electron chi connectivity index (χ1n) is 24.3. The molecule has 0 aliphatic heterocycles. The Morgan fingerprint density at radius 1 is 0.439 bits per heavy atom. The molecular weight excluding hydrogens is 699 g/mol. The number of carbonyl (C=O) groups is 1. The Balaban J connectivity index is 3.53. The molecular formula is C53H93NO3. The fraction of sp³-hybridized carbons (Fsp3) is 0.717. The van der Waals surface area contributed by atoms with Gasteiger partial charge in [0.25, 0.3) is 0 Å². The summed E-state index contributed by atoms with van der Waals surface area (Å²) in [6.07, 6.45) is 70.0. The average Bonchev–Trinajstić information content (AvgIpc) is 3.22. The minimum absolute atomic E-state index is 0.0684. The van der Waals surface area contributed by atoms with Crippen LogP contribution in [-0.4, -0.2) is 34.9 Å². The molecule has 4 heteroatoms. The zero-order chi connectivity index (χ0) is 41.4. The minimum atomic E-state index is -0.841. The van der Waals surface area contributed by atoms with E-state index < -0.39 is 12.1 Å². The van der Waals surface area contributed by atoms with Gasteiger partial charge in [-0.05, 0) is 70.6 Å². The maximum atomic E-state index is 12.4. The fourth-order valence-corrected chi connectivity index (χ4v) is 6.95. The van der Waals surface area contributed by atoms with Crippen LogP contribution >= 0.6 is 0 Å². The van der Waals surface area contributed by atoms with E-state index in [4.69, 9.17) is 0 Å². The molecule has 0 saturated heterocycles. The van der Waals surface area contributed by atoms with E-state index in [1.165, 1.54) is 141 Å². The van der Waals surface area contributed by atoms with E-state index in [1.807, 2.05) is 6.08 Å². The lowest BCUT2D eigenvalue weighted by atomic mass is 10.0. The van der Waals surface area contributed by atoms with Crippen molar-refractivity contribution in [1.82, 2.24) is 5.32 Å². The summed E-state index contributed by atoms with van der Waals surface area (Å²) >= 11 is 0. The van der Waals surface area contributed by atoms with Crippen LogP contribution in [0.25, 0.3) is 0 Å². The fourth-order valence-electron chi connectivity index (χ4n) is 6.95. The number of carbonyl (C=O) groups excluding carboxylic acids is 1. The molecule has 0 aromatic rings. The van der Waals surface area contributed by atoms with Crippen molar-refractivity contribution in [2.45, 2.75) is 238 Å². The average molecular weight is 792 g/mol. The first-order valence-corrected chi connectivity index (χ1v) is 24.3. The van der Waals surface area contributed by atoms with Crippen LogP contribution < -0.4 is 5.32 Å². The monoisotopic (exact) mass is 792 g/mol. The third kappa shape index (κ3) is 44.5. The Labute approximate surface area is 354 Å². The van der Waals surface area contributed by atoms with E-state index in [0.29, 0.717) is 6.42 Å². The third-order valence-electron chi connectivity index (χ3n) is 10.6. The van der Waals surface area contributed by atoms with Gasteiger partial charge < -0.3 is 15.5 Å². The van der Waals surface area contributed by atoms with E-state index in [2.05, 4.69) is 92.1 Å². The van der Waals surface area contributed by atoms with Gasteiger partial charge in [-0.1, -0.05) is 234 Å². The molecule has 57 heavy (non-hydrogen) atoms. The number of nitrogens with one attached hydrogen (secondary N) is 1. The molecule has 2 unspecified atom stereocenters. The van der Waals surface area contributed by atoms with Crippen molar-refractivity contribution in [2.24, 2.45) is 0 Å². The minimum Gasteiger partial charge on any atom is -0.394 e. The van der Waals surface area contributed by atoms with Crippen LogP contribution in [-0.2, 0) is 4.79 Å². The topological polar surface area (TPSA) is 69.6 Å². The second-order valence-corrected chi connectivity index (χ2v) is 16.1. The number of unbranched alkanes of at least 4 members (excludes halogenated alkanes) is 24. The van der Waals surface area contributed by atoms with Crippen LogP contribution in [0.2, 0.25) is 0 Å². The lowest BCUT2D eigenvalue weighted by molar-refractivity contribution is -0.123. The van der Waals surface area contributed by atoms with E-state index in [1.54, 1.807) is 6.08 Å². The van der Waals surface area contributed by atoms with Crippen molar-refractivity contribution >= 4 is 5.91 Å². The zero-order valence-electron chi connectivity index (χ0n) is 37.6. The van der Waals surface area contributed by atoms with Crippen molar-refractivity contribution < 1.29 is 15.0 Å². The van der Waals surface area contributed by atoms with Crippen molar-refractivity contribution in [3.8, 4) is 0 Å². The maximum Gasteiger partial charge on any atom is 0.220 e. The summed E-state index contributed by atoms with van der Waals surface area (Å²) < 4.78 is 0. The van der Waals surface area contributed by atoms with Gasteiger partial charge in [-0.2, -0.15) is 0 Å². The lowest BCUT2D eigenvalue weighted by Crippen LogP contribution is -2.45. The highest BCUT2D eigenvalue weighted by molar-refractivity contribution is 5.76. The molecule has 0 aromatic carbocycles. The van der Waals surface area contributed by atoms with Crippen LogP contribution in [0.4, 0.5) is 0 Å². The normalized spacial score (nSPS) is 13.7. The van der Waals surface area contributed by atoms with Crippen LogP contribution in [0, 0.1) is 0 Å². The summed E-state index contributed by atoms with van der Waals surface area (Å²) in [6.45, 7) is 4.18. The van der Waals surface area contributed by atoms with Gasteiger partial charge >= 0.3 is 0 Å². The number of aliphatic hydroxyl groups excluding tert-OH is 2. The predicted molar refractivity (Wildman–Crippen MR) is 253 cm³/mol.